The van der Waals surface area contributed by atoms with Gasteiger partial charge < -0.3 is 66.4 Å². The monoisotopic (exact) mass is 1370 g/mol. The molecule has 7 aliphatic rings. The number of fused-ring (bicyclic) bond motifs is 6. The zero-order chi connectivity index (χ0) is 70.9. The quantitative estimate of drug-likeness (QED) is 0.0156. The maximum atomic E-state index is 15.6. The summed E-state index contributed by atoms with van der Waals surface area (Å²) in [5, 5.41) is 50.7. The Morgan fingerprint density at radius 1 is 0.838 bits per heavy atom. The number of nitrogens with zero attached hydrogens (tertiary/aromatic N) is 4. The number of nitrogens with two attached hydrogens (primary N) is 1. The number of likely N-dealkylation sites (N-methyl/N-ethyl adjacent to an activating group) is 1. The smallest absolute Gasteiger partial charge is 0.426 e. The Morgan fingerprint density at radius 2 is 1.59 bits per heavy atom. The molecule has 27 nitrogen and oxygen atoms in total. The third-order valence-electron chi connectivity index (χ3n) is 22.4. The molecule has 3 saturated heterocycles. The second kappa shape index (κ2) is 28.9. The highest BCUT2D eigenvalue weighted by Crippen LogP contribution is 2.68. The van der Waals surface area contributed by atoms with Crippen molar-refractivity contribution >= 4 is 75.8 Å². The molecule has 0 radical (unpaired) electrons. The number of H-pyrrole nitrogens is 1. The van der Waals surface area contributed by atoms with E-state index in [1.54, 1.807) is 52.3 Å². The van der Waals surface area contributed by atoms with Crippen LogP contribution in [0.3, 0.4) is 0 Å². The van der Waals surface area contributed by atoms with Crippen LogP contribution in [0.15, 0.2) is 72.8 Å². The lowest BCUT2D eigenvalue weighted by Crippen LogP contribution is -2.82. The Kier molecular flexibility index (Phi) is 20.9. The van der Waals surface area contributed by atoms with Crippen molar-refractivity contribution in [2.45, 2.75) is 176 Å². The zero-order valence-electron chi connectivity index (χ0n) is 57.6. The molecule has 11 rings (SSSR count). The highest BCUT2D eigenvalue weighted by Gasteiger charge is 2.79. The third-order valence-corrected chi connectivity index (χ3v) is 22.4. The number of esters is 1. The molecule has 9 amide bonds. The van der Waals surface area contributed by atoms with Crippen molar-refractivity contribution in [3.05, 3.63) is 101 Å². The Labute approximate surface area is 576 Å². The van der Waals surface area contributed by atoms with Crippen LogP contribution in [0.5, 0.6) is 5.75 Å². The molecule has 1 aliphatic carbocycles. The molecular weight excluding hydrogens is 1270 g/mol. The first-order chi connectivity index (χ1) is 47.3. The van der Waals surface area contributed by atoms with E-state index in [1.165, 1.54) is 12.0 Å². The number of likely N-dealkylation sites (tertiary alicyclic amines) is 1. The summed E-state index contributed by atoms with van der Waals surface area (Å²) in [5.74, 6) is -3.82. The van der Waals surface area contributed by atoms with Gasteiger partial charge in [-0.2, -0.15) is 0 Å². The number of primary amides is 1. The van der Waals surface area contributed by atoms with Crippen LogP contribution in [-0.4, -0.2) is 197 Å². The number of carbonyl (C=O) groups is 9. The number of hydrogen-bond acceptors (Lipinski definition) is 18. The maximum Gasteiger partial charge on any atom is 0.426 e. The molecule has 12 N–H and O–H groups in total. The lowest BCUT2D eigenvalue weighted by atomic mass is 9.47. The summed E-state index contributed by atoms with van der Waals surface area (Å²) in [7, 11) is 4.70. The first kappa shape index (κ1) is 71.6. The first-order valence-electron chi connectivity index (χ1n) is 34.8. The number of piperidine rings is 1. The van der Waals surface area contributed by atoms with E-state index < -0.39 is 93.5 Å². The van der Waals surface area contributed by atoms with Crippen LogP contribution < -0.4 is 47.5 Å². The van der Waals surface area contributed by atoms with Crippen molar-refractivity contribution in [3.8, 4) is 5.75 Å². The van der Waals surface area contributed by atoms with Crippen molar-refractivity contribution in [3.63, 3.8) is 0 Å². The Morgan fingerprint density at radius 3 is 2.28 bits per heavy atom. The van der Waals surface area contributed by atoms with Crippen molar-refractivity contribution in [1.29, 1.82) is 0 Å². The molecule has 4 fully saturated rings. The molecule has 2 bridgehead atoms. The number of anilines is 2. The normalized spacial score (nSPS) is 28.1. The standard InChI is InChI=1S/C72H96N12O15/c1-8-68(95)37-44-38-71(65(92)98-7,58-47(27-33-82(39-44)41-68)46-17-12-13-18-50(46)76-58)49-35-48-52(36-53(49)97-6)81(5)62-70(48)29-34-83-31-16-28-69(9-2,61(70)83)63(90)72(62,96)64(91)79-80-67(94)99-40-43-21-23-45(24-22-43)75-59(88)51(19-15-30-74-66(73)93)77-60(89)57(42(3)4)78-54(85)20-11-10-14-32-84-55(86)25-26-56(84)87/h12-13,16-18,21-24,28,35-36,42,44,51,57,61-63,76,90,95-96H,8-11,14-15,19-20,25-27,29-34,37-41H2,1-7H3,(H,75,88)(H,77,89)(H,78,85)(H,79,91)(H,80,94)(H3,73,74,93)/t44?,51-,57-,61-,62+,63+,68-,69+,70+,71-,72-/m0/s1. The number of methoxy groups -OCH3 is 2. The van der Waals surface area contributed by atoms with Gasteiger partial charge in [-0.3, -0.25) is 53.7 Å². The van der Waals surface area contributed by atoms with Gasteiger partial charge in [0.25, 0.3) is 5.91 Å². The molecule has 534 valence electrons. The van der Waals surface area contributed by atoms with E-state index in [0.717, 1.165) is 22.0 Å². The molecule has 12 atom stereocenters. The fourth-order valence-corrected chi connectivity index (χ4v) is 17.8. The molecule has 6 aliphatic heterocycles. The molecule has 99 heavy (non-hydrogen) atoms. The van der Waals surface area contributed by atoms with Gasteiger partial charge in [0.05, 0.1) is 25.9 Å². The topological polar surface area (TPSA) is 369 Å². The van der Waals surface area contributed by atoms with E-state index in [2.05, 4.69) is 53.0 Å². The lowest BCUT2D eigenvalue weighted by Gasteiger charge is -2.63. The summed E-state index contributed by atoms with van der Waals surface area (Å²) < 4.78 is 18.0. The van der Waals surface area contributed by atoms with Gasteiger partial charge in [-0.15, -0.1) is 0 Å². The molecule has 1 saturated carbocycles. The number of carbonyl (C=O) groups excluding carboxylic acids is 9. The number of aliphatic hydroxyl groups excluding tert-OH is 1. The van der Waals surface area contributed by atoms with Crippen molar-refractivity contribution in [2.24, 2.45) is 23.0 Å². The number of urea groups is 1. The van der Waals surface area contributed by atoms with E-state index in [9.17, 15) is 48.9 Å². The number of unbranched alkanes of at least 4 members (excludes halogenated alkanes) is 2. The number of aromatic nitrogens is 1. The molecule has 1 spiro atoms. The van der Waals surface area contributed by atoms with Crippen molar-refractivity contribution in [1.82, 2.24) is 46.5 Å². The molecular formula is C72H96N12O15. The van der Waals surface area contributed by atoms with E-state index in [-0.39, 0.29) is 81.2 Å². The second-order valence-electron chi connectivity index (χ2n) is 28.5. The van der Waals surface area contributed by atoms with Gasteiger partial charge >= 0.3 is 18.1 Å². The highest BCUT2D eigenvalue weighted by atomic mass is 16.6. The second-order valence-corrected chi connectivity index (χ2v) is 28.5. The first-order valence-corrected chi connectivity index (χ1v) is 34.8. The number of amides is 9. The number of para-hydroxylation sites is 1. The van der Waals surface area contributed by atoms with Gasteiger partial charge in [0, 0.05) is 122 Å². The number of hydrogen-bond donors (Lipinski definition) is 11. The highest BCUT2D eigenvalue weighted by molar-refractivity contribution is 6.02. The summed E-state index contributed by atoms with van der Waals surface area (Å²) >= 11 is 0. The Hall–Kier alpha value is -8.63. The third kappa shape index (κ3) is 13.2. The SMILES string of the molecule is CC[C@]1(O)CC2CN(CCc3c([nH]c4ccccc34)[C@@](C(=O)OC)(c3cc4c(cc3OC)N(C)[C@H]3[C@@](O)(C(=O)NNC(=O)OCc5ccc(NC(=O)[C@H](CCCNC(N)=O)NC(=O)[C@@H](NC(=O)CCCCCN6C(=O)CCC6=O)C(C)C)cc5)[C@H](O)[C@]5(CC)C=CCN6CC[C@]43[C@@H]65)C2)C1. The summed E-state index contributed by atoms with van der Waals surface area (Å²) in [6, 6.07) is 13.6. The number of aliphatic hydroxyl groups is 3. The number of ether oxygens (including phenoxy) is 3. The molecule has 3 aromatic carbocycles. The minimum Gasteiger partial charge on any atom is -0.496 e. The largest absolute Gasteiger partial charge is 0.496 e. The van der Waals surface area contributed by atoms with E-state index in [4.69, 9.17) is 19.9 Å². The average Bonchev–Trinajstić information content (AvgIpc) is 1.50. The van der Waals surface area contributed by atoms with Crippen LogP contribution >= 0.6 is 0 Å². The van der Waals surface area contributed by atoms with Crippen LogP contribution in [0, 0.1) is 17.3 Å². The van der Waals surface area contributed by atoms with Crippen molar-refractivity contribution in [2.75, 3.05) is 77.3 Å². The minimum absolute atomic E-state index is 0.0729. The molecule has 4 aromatic rings. The molecule has 2 unspecified atom stereocenters. The number of aromatic amines is 1. The zero-order valence-corrected chi connectivity index (χ0v) is 57.6. The average molecular weight is 1370 g/mol. The van der Waals surface area contributed by atoms with Gasteiger partial charge in [0.1, 0.15) is 36.0 Å². The fourth-order valence-electron chi connectivity index (χ4n) is 17.8. The molecule has 1 aromatic heterocycles. The summed E-state index contributed by atoms with van der Waals surface area (Å²) in [4.78, 5) is 132. The summed E-state index contributed by atoms with van der Waals surface area (Å²) in [6.45, 7) is 10.3. The number of benzene rings is 3. The Bertz CT molecular complexity index is 3790. The van der Waals surface area contributed by atoms with Crippen LogP contribution in [0.4, 0.5) is 21.0 Å². The van der Waals surface area contributed by atoms with Crippen LogP contribution in [-0.2, 0) is 66.9 Å². The molecule has 27 heteroatoms. The number of imide groups is 1. The van der Waals surface area contributed by atoms with E-state index >= 15 is 9.59 Å². The van der Waals surface area contributed by atoms with E-state index in [1.807, 2.05) is 61.2 Å². The predicted octanol–water partition coefficient (Wildman–Crippen LogP) is 3.93. The fraction of sp³-hybridized carbons (Fsp3) is 0.569. The number of rotatable bonds is 24. The summed E-state index contributed by atoms with van der Waals surface area (Å²) in [6.07, 6.45) is 5.94. The lowest BCUT2D eigenvalue weighted by molar-refractivity contribution is -0.204. The van der Waals surface area contributed by atoms with Gasteiger partial charge in [0.15, 0.2) is 5.60 Å². The minimum atomic E-state index is -2.64. The number of nitrogens with one attached hydrogen (secondary N) is 7. The van der Waals surface area contributed by atoms with Gasteiger partial charge in [-0.1, -0.05) is 76.6 Å². The predicted molar refractivity (Wildman–Crippen MR) is 365 cm³/mol. The van der Waals surface area contributed by atoms with Crippen LogP contribution in [0.2, 0.25) is 0 Å². The maximum absolute atomic E-state index is 15.6. The van der Waals surface area contributed by atoms with Crippen molar-refractivity contribution < 1.29 is 72.7 Å². The van der Waals surface area contributed by atoms with Gasteiger partial charge in [0.2, 0.25) is 29.5 Å². The van der Waals surface area contributed by atoms with Gasteiger partial charge in [-0.05, 0) is 124 Å². The number of hydrazine groups is 1. The Balaban J connectivity index is 0.801. The van der Waals surface area contributed by atoms with Gasteiger partial charge in [-0.25, -0.2) is 15.0 Å². The van der Waals surface area contributed by atoms with Crippen LogP contribution in [0.1, 0.15) is 139 Å². The molecule has 7 heterocycles. The van der Waals surface area contributed by atoms with E-state index in [0.29, 0.717) is 125 Å². The summed E-state index contributed by atoms with van der Waals surface area (Å²) in [5.41, 5.74) is 7.58. The van der Waals surface area contributed by atoms with Crippen LogP contribution in [0.25, 0.3) is 10.9 Å².